The van der Waals surface area contributed by atoms with Crippen LogP contribution in [0.2, 0.25) is 0 Å². The third kappa shape index (κ3) is 8.57. The van der Waals surface area contributed by atoms with Crippen LogP contribution in [-0.4, -0.2) is 23.7 Å². The number of amides is 1. The lowest BCUT2D eigenvalue weighted by molar-refractivity contribution is -0.127. The summed E-state index contributed by atoms with van der Waals surface area (Å²) < 4.78 is 0. The van der Waals surface area contributed by atoms with Gasteiger partial charge in [-0.1, -0.05) is 53.9 Å². The Hall–Kier alpha value is -0.570. The summed E-state index contributed by atoms with van der Waals surface area (Å²) in [5.74, 6) is 0.350. The van der Waals surface area contributed by atoms with Crippen LogP contribution in [-0.2, 0) is 4.79 Å². The minimum atomic E-state index is -0.381. The molecule has 0 aromatic heterocycles. The summed E-state index contributed by atoms with van der Waals surface area (Å²) in [6.45, 7) is 11.5. The van der Waals surface area contributed by atoms with Gasteiger partial charge in [0.2, 0.25) is 5.91 Å². The average Bonchev–Trinajstić information content (AvgIpc) is 2.34. The molecule has 0 aromatic rings. The predicted octanol–water partition coefficient (Wildman–Crippen LogP) is 3.90. The zero-order valence-corrected chi connectivity index (χ0v) is 14.2. The zero-order valence-electron chi connectivity index (χ0n) is 14.2. The van der Waals surface area contributed by atoms with Gasteiger partial charge in [-0.15, -0.1) is 0 Å². The van der Waals surface area contributed by atoms with Crippen LogP contribution in [0.4, 0.5) is 0 Å². The molecule has 1 aliphatic carbocycles. The molecule has 120 valence electrons. The van der Waals surface area contributed by atoms with E-state index in [1.54, 1.807) is 0 Å². The summed E-state index contributed by atoms with van der Waals surface area (Å²) in [7, 11) is 0. The molecule has 0 radical (unpaired) electrons. The van der Waals surface area contributed by atoms with Crippen molar-refractivity contribution in [3.63, 3.8) is 0 Å². The Kier molecular flexibility index (Phi) is 9.91. The number of hydrogen-bond acceptors (Lipinski definition) is 2. The molecule has 3 nitrogen and oxygen atoms in total. The van der Waals surface area contributed by atoms with Crippen molar-refractivity contribution in [2.75, 3.05) is 6.54 Å². The highest BCUT2D eigenvalue weighted by Crippen LogP contribution is 2.26. The van der Waals surface area contributed by atoms with Gasteiger partial charge >= 0.3 is 0 Å². The summed E-state index contributed by atoms with van der Waals surface area (Å²) in [6, 6.07) is 0. The van der Waals surface area contributed by atoms with Gasteiger partial charge in [0.15, 0.2) is 0 Å². The molecule has 20 heavy (non-hydrogen) atoms. The highest BCUT2D eigenvalue weighted by molar-refractivity contribution is 5.79. The largest absolute Gasteiger partial charge is 0.391 e. The molecule has 0 spiro atoms. The van der Waals surface area contributed by atoms with E-state index < -0.39 is 0 Å². The number of nitrogens with one attached hydrogen (secondary N) is 1. The lowest BCUT2D eigenvalue weighted by Gasteiger charge is -2.24. The van der Waals surface area contributed by atoms with Crippen molar-refractivity contribution in [2.45, 2.75) is 85.7 Å². The third-order valence-corrected chi connectivity index (χ3v) is 4.34. The normalized spacial score (nSPS) is 16.7. The van der Waals surface area contributed by atoms with Gasteiger partial charge in [-0.25, -0.2) is 0 Å². The van der Waals surface area contributed by atoms with E-state index in [-0.39, 0.29) is 17.9 Å². The van der Waals surface area contributed by atoms with Crippen molar-refractivity contribution in [2.24, 2.45) is 11.3 Å². The monoisotopic (exact) mass is 285 g/mol. The van der Waals surface area contributed by atoms with Crippen LogP contribution in [0.3, 0.4) is 0 Å². The molecular weight excluding hydrogens is 250 g/mol. The number of carbonyl (C=O) groups excluding carboxylic acids is 1. The number of aliphatic hydroxyl groups is 1. The SMILES string of the molecule is CCC(O)CNC(=O)C1CCC1.CCCC(C)(C)CC. The number of rotatable bonds is 7. The smallest absolute Gasteiger partial charge is 0.223 e. The first kappa shape index (κ1) is 19.4. The quantitative estimate of drug-likeness (QED) is 0.745. The summed E-state index contributed by atoms with van der Waals surface area (Å²) in [6.07, 6.45) is 7.53. The van der Waals surface area contributed by atoms with Crippen molar-refractivity contribution >= 4 is 5.91 Å². The van der Waals surface area contributed by atoms with Crippen molar-refractivity contribution in [1.82, 2.24) is 5.32 Å². The van der Waals surface area contributed by atoms with Gasteiger partial charge in [-0.2, -0.15) is 0 Å². The fourth-order valence-electron chi connectivity index (χ4n) is 2.03. The van der Waals surface area contributed by atoms with E-state index in [9.17, 15) is 4.79 Å². The molecule has 0 aliphatic heterocycles. The van der Waals surface area contributed by atoms with Gasteiger partial charge in [0.1, 0.15) is 0 Å². The second-order valence-corrected chi connectivity index (χ2v) is 6.70. The molecular formula is C17H35NO2. The topological polar surface area (TPSA) is 49.3 Å². The van der Waals surface area contributed by atoms with Gasteiger partial charge < -0.3 is 10.4 Å². The van der Waals surface area contributed by atoms with Crippen molar-refractivity contribution in [1.29, 1.82) is 0 Å². The number of hydrogen-bond donors (Lipinski definition) is 2. The highest BCUT2D eigenvalue weighted by Gasteiger charge is 2.24. The second-order valence-electron chi connectivity index (χ2n) is 6.70. The van der Waals surface area contributed by atoms with Crippen LogP contribution in [0.5, 0.6) is 0 Å². The molecule has 1 atom stereocenters. The molecule has 1 amide bonds. The van der Waals surface area contributed by atoms with Crippen LogP contribution in [0, 0.1) is 11.3 Å². The Morgan fingerprint density at radius 1 is 1.30 bits per heavy atom. The van der Waals surface area contributed by atoms with E-state index >= 15 is 0 Å². The minimum Gasteiger partial charge on any atom is -0.391 e. The molecule has 0 aromatic carbocycles. The van der Waals surface area contributed by atoms with Gasteiger partial charge in [0, 0.05) is 12.5 Å². The van der Waals surface area contributed by atoms with Crippen LogP contribution in [0.1, 0.15) is 79.6 Å². The maximum absolute atomic E-state index is 11.2. The molecule has 0 bridgehead atoms. The standard InChI is InChI=1S/C9H17NO2.C8H18/c1-2-8(11)6-10-9(12)7-4-3-5-7;1-5-7-8(3,4)6-2/h7-8,11H,2-6H2,1H3,(H,10,12);5-7H2,1-4H3. The lowest BCUT2D eigenvalue weighted by Crippen LogP contribution is -2.38. The maximum atomic E-state index is 11.2. The van der Waals surface area contributed by atoms with Gasteiger partial charge in [-0.05, 0) is 31.1 Å². The van der Waals surface area contributed by atoms with Crippen LogP contribution >= 0.6 is 0 Å². The molecule has 1 saturated carbocycles. The Morgan fingerprint density at radius 2 is 1.90 bits per heavy atom. The molecule has 2 N–H and O–H groups in total. The zero-order chi connectivity index (χ0) is 15.6. The van der Waals surface area contributed by atoms with E-state index in [0.29, 0.717) is 18.4 Å². The summed E-state index contributed by atoms with van der Waals surface area (Å²) in [4.78, 5) is 11.2. The Balaban J connectivity index is 0.000000396. The van der Waals surface area contributed by atoms with Crippen LogP contribution in [0.25, 0.3) is 0 Å². The fraction of sp³-hybridized carbons (Fsp3) is 0.941. The van der Waals surface area contributed by atoms with Gasteiger partial charge in [0.25, 0.3) is 0 Å². The maximum Gasteiger partial charge on any atom is 0.223 e. The lowest BCUT2D eigenvalue weighted by atomic mass is 9.85. The third-order valence-electron chi connectivity index (χ3n) is 4.34. The molecule has 1 rings (SSSR count). The summed E-state index contributed by atoms with van der Waals surface area (Å²) >= 11 is 0. The van der Waals surface area contributed by atoms with Crippen LogP contribution < -0.4 is 5.32 Å². The first-order valence-corrected chi connectivity index (χ1v) is 8.32. The Morgan fingerprint density at radius 3 is 2.20 bits per heavy atom. The van der Waals surface area contributed by atoms with Crippen LogP contribution in [0.15, 0.2) is 0 Å². The minimum absolute atomic E-state index is 0.119. The number of aliphatic hydroxyl groups excluding tert-OH is 1. The van der Waals surface area contributed by atoms with E-state index in [4.69, 9.17) is 5.11 Å². The summed E-state index contributed by atoms with van der Waals surface area (Å²) in [5.41, 5.74) is 0.592. The Bertz CT molecular complexity index is 260. The first-order chi connectivity index (χ1) is 9.36. The first-order valence-electron chi connectivity index (χ1n) is 8.32. The van der Waals surface area contributed by atoms with E-state index in [1.165, 1.54) is 25.7 Å². The molecule has 3 heteroatoms. The Labute approximate surface area is 125 Å². The summed E-state index contributed by atoms with van der Waals surface area (Å²) in [5, 5.41) is 11.9. The highest BCUT2D eigenvalue weighted by atomic mass is 16.3. The van der Waals surface area contributed by atoms with E-state index in [2.05, 4.69) is 33.0 Å². The van der Waals surface area contributed by atoms with Crippen molar-refractivity contribution in [3.05, 3.63) is 0 Å². The molecule has 1 fully saturated rings. The predicted molar refractivity (Wildman–Crippen MR) is 85.6 cm³/mol. The molecule has 0 heterocycles. The van der Waals surface area contributed by atoms with E-state index in [1.807, 2.05) is 6.92 Å². The van der Waals surface area contributed by atoms with Crippen molar-refractivity contribution in [3.8, 4) is 0 Å². The number of carbonyl (C=O) groups is 1. The second kappa shape index (κ2) is 10.2. The van der Waals surface area contributed by atoms with E-state index in [0.717, 1.165) is 12.8 Å². The molecule has 0 saturated heterocycles. The van der Waals surface area contributed by atoms with Gasteiger partial charge in [0.05, 0.1) is 6.10 Å². The molecule has 1 unspecified atom stereocenters. The van der Waals surface area contributed by atoms with Crippen molar-refractivity contribution < 1.29 is 9.90 Å². The van der Waals surface area contributed by atoms with Gasteiger partial charge in [-0.3, -0.25) is 4.79 Å². The fourth-order valence-corrected chi connectivity index (χ4v) is 2.03. The molecule has 1 aliphatic rings. The average molecular weight is 285 g/mol.